The summed E-state index contributed by atoms with van der Waals surface area (Å²) in [6.45, 7) is 3.89. The smallest absolute Gasteiger partial charge is 0.257 e. The number of para-hydroxylation sites is 1. The van der Waals surface area contributed by atoms with Crippen molar-refractivity contribution >= 4 is 11.8 Å². The highest BCUT2D eigenvalue weighted by atomic mass is 16.6. The van der Waals surface area contributed by atoms with Crippen LogP contribution in [0, 0.1) is 5.92 Å². The highest BCUT2D eigenvalue weighted by Gasteiger charge is 2.29. The van der Waals surface area contributed by atoms with Crippen molar-refractivity contribution in [2.45, 2.75) is 31.7 Å². The zero-order chi connectivity index (χ0) is 18.6. The van der Waals surface area contributed by atoms with Gasteiger partial charge in [-0.05, 0) is 50.3 Å². The maximum Gasteiger partial charge on any atom is 0.257 e. The number of fused-ring (bicyclic) bond motifs is 1. The van der Waals surface area contributed by atoms with Gasteiger partial charge in [0.25, 0.3) is 5.91 Å². The molecule has 2 N–H and O–H groups in total. The van der Waals surface area contributed by atoms with E-state index in [1.807, 2.05) is 17.0 Å². The lowest BCUT2D eigenvalue weighted by atomic mass is 9.97. The summed E-state index contributed by atoms with van der Waals surface area (Å²) in [5, 5.41) is 6.28. The molecule has 2 saturated heterocycles. The second-order valence-corrected chi connectivity index (χ2v) is 7.48. The van der Waals surface area contributed by atoms with Crippen molar-refractivity contribution in [2.24, 2.45) is 5.92 Å². The van der Waals surface area contributed by atoms with Crippen LogP contribution < -0.4 is 20.1 Å². The second-order valence-electron chi connectivity index (χ2n) is 7.48. The van der Waals surface area contributed by atoms with Gasteiger partial charge in [0.15, 0.2) is 11.5 Å². The average Bonchev–Trinajstić information content (AvgIpc) is 3.26. The van der Waals surface area contributed by atoms with Crippen molar-refractivity contribution in [1.29, 1.82) is 0 Å². The third-order valence-electron chi connectivity index (χ3n) is 5.54. The molecule has 2 atom stereocenters. The van der Waals surface area contributed by atoms with Crippen molar-refractivity contribution in [1.82, 2.24) is 15.5 Å². The van der Waals surface area contributed by atoms with Crippen molar-refractivity contribution in [3.05, 3.63) is 23.8 Å². The lowest BCUT2D eigenvalue weighted by Crippen LogP contribution is -2.46. The van der Waals surface area contributed by atoms with E-state index < -0.39 is 0 Å². The van der Waals surface area contributed by atoms with Crippen LogP contribution in [0.5, 0.6) is 11.5 Å². The van der Waals surface area contributed by atoms with Crippen LogP contribution in [0.25, 0.3) is 0 Å². The lowest BCUT2D eigenvalue weighted by Gasteiger charge is -2.33. The first-order valence-corrected chi connectivity index (χ1v) is 9.91. The summed E-state index contributed by atoms with van der Waals surface area (Å²) in [6, 6.07) is 5.40. The van der Waals surface area contributed by atoms with E-state index in [0.29, 0.717) is 43.4 Å². The fourth-order valence-electron chi connectivity index (χ4n) is 4.11. The quantitative estimate of drug-likeness (QED) is 0.829. The van der Waals surface area contributed by atoms with Gasteiger partial charge in [0, 0.05) is 19.6 Å². The van der Waals surface area contributed by atoms with Gasteiger partial charge in [-0.1, -0.05) is 6.07 Å². The molecule has 0 radical (unpaired) electrons. The third kappa shape index (κ3) is 4.03. The molecule has 0 bridgehead atoms. The summed E-state index contributed by atoms with van der Waals surface area (Å²) in [5.41, 5.74) is 0.562. The second kappa shape index (κ2) is 8.17. The van der Waals surface area contributed by atoms with E-state index in [-0.39, 0.29) is 23.8 Å². The van der Waals surface area contributed by atoms with Gasteiger partial charge in [-0.3, -0.25) is 9.59 Å². The molecular formula is C20H27N3O4. The molecule has 3 aliphatic heterocycles. The SMILES string of the molecule is O=C(NCC1CCCN(C(=O)c2cccc3c2OCCO3)C1)C1CCCN1. The fraction of sp³-hybridized carbons (Fsp3) is 0.600. The highest BCUT2D eigenvalue weighted by molar-refractivity contribution is 5.98. The van der Waals surface area contributed by atoms with Crippen molar-refractivity contribution < 1.29 is 19.1 Å². The number of piperidine rings is 1. The van der Waals surface area contributed by atoms with Crippen LogP contribution in [0.15, 0.2) is 18.2 Å². The summed E-state index contributed by atoms with van der Waals surface area (Å²) in [7, 11) is 0. The van der Waals surface area contributed by atoms with E-state index in [9.17, 15) is 9.59 Å². The number of ether oxygens (including phenoxy) is 2. The molecule has 2 fully saturated rings. The zero-order valence-corrected chi connectivity index (χ0v) is 15.5. The minimum atomic E-state index is -0.0562. The Hall–Kier alpha value is -2.28. The molecular weight excluding hydrogens is 346 g/mol. The summed E-state index contributed by atoms with van der Waals surface area (Å²) in [6.07, 6.45) is 3.92. The van der Waals surface area contributed by atoms with Crippen LogP contribution in [0.2, 0.25) is 0 Å². The maximum absolute atomic E-state index is 13.1. The van der Waals surface area contributed by atoms with Gasteiger partial charge in [0.1, 0.15) is 13.2 Å². The van der Waals surface area contributed by atoms with Gasteiger partial charge in [0.2, 0.25) is 5.91 Å². The molecule has 2 unspecified atom stereocenters. The summed E-state index contributed by atoms with van der Waals surface area (Å²) < 4.78 is 11.3. The van der Waals surface area contributed by atoms with Crippen LogP contribution in [-0.2, 0) is 4.79 Å². The van der Waals surface area contributed by atoms with Crippen LogP contribution in [-0.4, -0.2) is 62.1 Å². The lowest BCUT2D eigenvalue weighted by molar-refractivity contribution is -0.123. The van der Waals surface area contributed by atoms with Crippen LogP contribution in [0.3, 0.4) is 0 Å². The number of carbonyl (C=O) groups excluding carboxylic acids is 2. The molecule has 146 valence electrons. The van der Waals surface area contributed by atoms with E-state index in [1.54, 1.807) is 6.07 Å². The Morgan fingerprint density at radius 3 is 2.93 bits per heavy atom. The number of amides is 2. The van der Waals surface area contributed by atoms with Crippen molar-refractivity contribution in [3.8, 4) is 11.5 Å². The molecule has 2 amide bonds. The van der Waals surface area contributed by atoms with Crippen molar-refractivity contribution in [2.75, 3.05) is 39.4 Å². The van der Waals surface area contributed by atoms with E-state index in [4.69, 9.17) is 9.47 Å². The van der Waals surface area contributed by atoms with Gasteiger partial charge >= 0.3 is 0 Å². The molecule has 0 saturated carbocycles. The highest BCUT2D eigenvalue weighted by Crippen LogP contribution is 2.34. The predicted molar refractivity (Wildman–Crippen MR) is 100 cm³/mol. The van der Waals surface area contributed by atoms with Crippen molar-refractivity contribution in [3.63, 3.8) is 0 Å². The van der Waals surface area contributed by atoms with Crippen LogP contribution in [0.4, 0.5) is 0 Å². The number of nitrogens with one attached hydrogen (secondary N) is 2. The summed E-state index contributed by atoms with van der Waals surface area (Å²) in [5.74, 6) is 1.53. The molecule has 0 spiro atoms. The predicted octanol–water partition coefficient (Wildman–Crippen LogP) is 1.18. The Kier molecular flexibility index (Phi) is 5.48. The molecule has 27 heavy (non-hydrogen) atoms. The molecule has 7 heteroatoms. The minimum Gasteiger partial charge on any atom is -0.486 e. The maximum atomic E-state index is 13.1. The minimum absolute atomic E-state index is 0.0224. The number of hydrogen-bond donors (Lipinski definition) is 2. The van der Waals surface area contributed by atoms with E-state index in [0.717, 1.165) is 38.8 Å². The molecule has 3 heterocycles. The van der Waals surface area contributed by atoms with Crippen LogP contribution >= 0.6 is 0 Å². The number of rotatable bonds is 4. The molecule has 3 aliphatic rings. The first-order chi connectivity index (χ1) is 13.2. The van der Waals surface area contributed by atoms with Gasteiger partial charge in [-0.2, -0.15) is 0 Å². The molecule has 4 rings (SSSR count). The molecule has 1 aromatic carbocycles. The number of carbonyl (C=O) groups is 2. The van der Waals surface area contributed by atoms with E-state index >= 15 is 0 Å². The first kappa shape index (κ1) is 18.1. The Bertz CT molecular complexity index is 702. The van der Waals surface area contributed by atoms with Gasteiger partial charge in [-0.15, -0.1) is 0 Å². The zero-order valence-electron chi connectivity index (χ0n) is 15.5. The fourth-order valence-corrected chi connectivity index (χ4v) is 4.11. The first-order valence-electron chi connectivity index (χ1n) is 9.91. The average molecular weight is 373 g/mol. The molecule has 7 nitrogen and oxygen atoms in total. The number of nitrogens with zero attached hydrogens (tertiary/aromatic N) is 1. The third-order valence-corrected chi connectivity index (χ3v) is 5.54. The topological polar surface area (TPSA) is 79.9 Å². The van der Waals surface area contributed by atoms with Gasteiger partial charge in [-0.25, -0.2) is 0 Å². The summed E-state index contributed by atoms with van der Waals surface area (Å²) in [4.78, 5) is 27.1. The largest absolute Gasteiger partial charge is 0.486 e. The number of benzene rings is 1. The van der Waals surface area contributed by atoms with E-state index in [1.165, 1.54) is 0 Å². The number of hydrogen-bond acceptors (Lipinski definition) is 5. The normalized spacial score (nSPS) is 24.5. The number of likely N-dealkylation sites (tertiary alicyclic amines) is 1. The van der Waals surface area contributed by atoms with Gasteiger partial charge in [0.05, 0.1) is 11.6 Å². The van der Waals surface area contributed by atoms with Gasteiger partial charge < -0.3 is 25.0 Å². The molecule has 0 aliphatic carbocycles. The monoisotopic (exact) mass is 373 g/mol. The standard InChI is InChI=1S/C20H27N3O4/c24-19(16-6-2-8-21-16)22-12-14-4-3-9-23(13-14)20(25)15-5-1-7-17-18(15)27-11-10-26-17/h1,5,7,14,16,21H,2-4,6,8-13H2,(H,22,24). The van der Waals surface area contributed by atoms with E-state index in [2.05, 4.69) is 10.6 Å². The molecule has 1 aromatic rings. The Morgan fingerprint density at radius 2 is 2.07 bits per heavy atom. The Morgan fingerprint density at radius 1 is 1.19 bits per heavy atom. The Labute approximate surface area is 159 Å². The van der Waals surface area contributed by atoms with Crippen LogP contribution in [0.1, 0.15) is 36.0 Å². The Balaban J connectivity index is 1.36. The summed E-state index contributed by atoms with van der Waals surface area (Å²) >= 11 is 0. The molecule has 0 aromatic heterocycles.